The Labute approximate surface area is 343 Å². The average Bonchev–Trinajstić information content (AvgIpc) is 3.40. The Morgan fingerprint density at radius 3 is 1.67 bits per heavy atom. The summed E-state index contributed by atoms with van der Waals surface area (Å²) in [7, 11) is -10.6. The zero-order valence-corrected chi connectivity index (χ0v) is 36.7. The summed E-state index contributed by atoms with van der Waals surface area (Å²) in [5.41, 5.74) is -2.74. The van der Waals surface area contributed by atoms with Crippen molar-refractivity contribution >= 4 is 110 Å². The molecule has 2 heterocycles. The molecule has 2 aromatic carbocycles. The first kappa shape index (κ1) is 56.4. The van der Waals surface area contributed by atoms with Crippen LogP contribution in [0.5, 0.6) is 0 Å². The van der Waals surface area contributed by atoms with Gasteiger partial charge in [0.2, 0.25) is 5.69 Å². The molecule has 2 aromatic rings. The van der Waals surface area contributed by atoms with Gasteiger partial charge in [-0.2, -0.15) is 52.8 Å². The predicted octanol–water partition coefficient (Wildman–Crippen LogP) is 8.31. The van der Waals surface area contributed by atoms with E-state index in [1.54, 1.807) is 0 Å². The van der Waals surface area contributed by atoms with Gasteiger partial charge in [-0.05, 0) is 38.8 Å². The molecule has 2 aliphatic rings. The van der Waals surface area contributed by atoms with Gasteiger partial charge in [-0.3, -0.25) is 9.18 Å². The molecule has 0 aliphatic carbocycles. The van der Waals surface area contributed by atoms with Crippen LogP contribution in [0.2, 0.25) is 0 Å². The summed E-state index contributed by atoms with van der Waals surface area (Å²) in [5.74, 6) is 0. The number of nitrogens with zero attached hydrogens (tertiary/aromatic N) is 2. The summed E-state index contributed by atoms with van der Waals surface area (Å²) in [6, 6.07) is 17.1. The van der Waals surface area contributed by atoms with E-state index in [1.165, 1.54) is 34.3 Å². The monoisotopic (exact) mass is 920 g/mol. The molecule has 2 aliphatic heterocycles. The maximum Gasteiger partial charge on any atom is 0.523 e. The lowest BCUT2D eigenvalue weighted by atomic mass is 9.82. The van der Waals surface area contributed by atoms with Gasteiger partial charge >= 0.3 is 21.1 Å². The molecule has 54 heavy (non-hydrogen) atoms. The molecular formula is C32H42F6N2O6S8. The highest BCUT2D eigenvalue weighted by atomic mass is 33.1. The van der Waals surface area contributed by atoms with Crippen LogP contribution in [0.1, 0.15) is 65.5 Å². The molecule has 306 valence electrons. The number of alkyl halides is 6. The van der Waals surface area contributed by atoms with Crippen molar-refractivity contribution in [3.63, 3.8) is 0 Å². The van der Waals surface area contributed by atoms with Gasteiger partial charge in [0.25, 0.3) is 0 Å². The third-order valence-corrected chi connectivity index (χ3v) is 9.24. The van der Waals surface area contributed by atoms with Gasteiger partial charge in [-0.1, -0.05) is 62.4 Å². The van der Waals surface area contributed by atoms with Gasteiger partial charge in [0.1, 0.15) is 0 Å². The molecule has 0 N–H and O–H groups in total. The highest BCUT2D eigenvalue weighted by Gasteiger charge is 2.47. The predicted molar refractivity (Wildman–Crippen MR) is 221 cm³/mol. The second kappa shape index (κ2) is 24.7. The van der Waals surface area contributed by atoms with Crippen LogP contribution in [-0.2, 0) is 88.9 Å². The maximum atomic E-state index is 11.5. The Bertz CT molecular complexity index is 1860. The van der Waals surface area contributed by atoms with Crippen LogP contribution in [0.15, 0.2) is 78.8 Å². The SMILES string of the molecule is C=CCCOS(=O)(=O)C(F)(F)F.C=CCC[N+]1=C(C)C(C)(C)c2ccccc21.CC1=Nc2ccccc2C1(C)C.O=S(=O)([O-])C(F)(F)F.S.S=S.S=S=S. The largest absolute Gasteiger partial charge is 0.741 e. The van der Waals surface area contributed by atoms with Gasteiger partial charge < -0.3 is 4.55 Å². The maximum absolute atomic E-state index is 11.5. The topological polar surface area (TPSA) is 116 Å². The third kappa shape index (κ3) is 17.1. The van der Waals surface area contributed by atoms with Crippen molar-refractivity contribution in [2.24, 2.45) is 4.99 Å². The Morgan fingerprint density at radius 1 is 0.833 bits per heavy atom. The number of halogens is 6. The molecule has 4 rings (SSSR count). The summed E-state index contributed by atoms with van der Waals surface area (Å²) in [6.07, 6.45) is 4.32. The average molecular weight is 921 g/mol. The van der Waals surface area contributed by atoms with Gasteiger partial charge in [-0.15, -0.1) is 13.2 Å². The number of para-hydroxylation sites is 2. The molecule has 0 atom stereocenters. The zero-order chi connectivity index (χ0) is 42.1. The van der Waals surface area contributed by atoms with Crippen LogP contribution in [-0.4, -0.2) is 61.6 Å². The fourth-order valence-electron chi connectivity index (χ4n) is 4.38. The second-order valence-corrected chi connectivity index (χ2v) is 16.3. The van der Waals surface area contributed by atoms with E-state index in [0.29, 0.717) is 0 Å². The van der Waals surface area contributed by atoms with Crippen molar-refractivity contribution in [3.8, 4) is 0 Å². The third-order valence-electron chi connectivity index (χ3n) is 7.63. The van der Waals surface area contributed by atoms with Crippen molar-refractivity contribution in [1.82, 2.24) is 0 Å². The van der Waals surface area contributed by atoms with E-state index >= 15 is 0 Å². The minimum absolute atomic E-state index is 0. The van der Waals surface area contributed by atoms with Crippen LogP contribution in [0.25, 0.3) is 0 Å². The molecule has 0 fully saturated rings. The summed E-state index contributed by atoms with van der Waals surface area (Å²) >= 11 is 15.6. The number of hydrogen-bond acceptors (Lipinski definition) is 11. The molecule has 8 nitrogen and oxygen atoms in total. The number of benzene rings is 2. The lowest BCUT2D eigenvalue weighted by molar-refractivity contribution is -0.437. The van der Waals surface area contributed by atoms with Gasteiger partial charge in [0.15, 0.2) is 22.4 Å². The van der Waals surface area contributed by atoms with Crippen molar-refractivity contribution in [1.29, 1.82) is 0 Å². The van der Waals surface area contributed by atoms with E-state index in [0.717, 1.165) is 27.5 Å². The molecule has 0 saturated heterocycles. The zero-order valence-electron chi connectivity index (χ0n) is 30.0. The summed E-state index contributed by atoms with van der Waals surface area (Å²) < 4.78 is 120. The molecule has 0 radical (unpaired) electrons. The summed E-state index contributed by atoms with van der Waals surface area (Å²) in [4.78, 5) is 4.52. The fraction of sp³-hybridized carbons (Fsp3) is 0.438. The second-order valence-electron chi connectivity index (χ2n) is 11.6. The van der Waals surface area contributed by atoms with Gasteiger partial charge in [-0.25, -0.2) is 8.42 Å². The van der Waals surface area contributed by atoms with E-state index in [1.807, 2.05) is 12.1 Å². The Hall–Kier alpha value is -1.89. The molecule has 22 heteroatoms. The number of aliphatic imine (C=N–C) groups is 1. The first-order valence-corrected chi connectivity index (χ1v) is 21.6. The van der Waals surface area contributed by atoms with Crippen molar-refractivity contribution in [3.05, 3.63) is 85.0 Å². The Morgan fingerprint density at radius 2 is 1.26 bits per heavy atom. The van der Waals surface area contributed by atoms with Crippen molar-refractivity contribution in [2.45, 2.75) is 76.2 Å². The van der Waals surface area contributed by atoms with Gasteiger partial charge in [0, 0.05) is 89.7 Å². The summed E-state index contributed by atoms with van der Waals surface area (Å²) in [6.45, 7) is 20.9. The molecule has 0 bridgehead atoms. The minimum atomic E-state index is -6.09. The first-order chi connectivity index (χ1) is 24.2. The Balaban J connectivity index is -0.000000627. The van der Waals surface area contributed by atoms with Crippen molar-refractivity contribution in [2.75, 3.05) is 13.2 Å². The highest BCUT2D eigenvalue weighted by molar-refractivity contribution is 8.37. The quantitative estimate of drug-likeness (QED) is 0.0511. The first-order valence-electron chi connectivity index (χ1n) is 14.8. The molecule has 0 amide bonds. The van der Waals surface area contributed by atoms with Crippen LogP contribution in [0.4, 0.5) is 37.7 Å². The summed E-state index contributed by atoms with van der Waals surface area (Å²) in [5, 5.41) is 0. The lowest BCUT2D eigenvalue weighted by Gasteiger charge is -2.19. The fourth-order valence-corrected chi connectivity index (χ4v) is 4.83. The molecule has 0 unspecified atom stereocenters. The smallest absolute Gasteiger partial charge is 0.523 e. The van der Waals surface area contributed by atoms with E-state index < -0.39 is 37.9 Å². The number of rotatable bonds is 7. The van der Waals surface area contributed by atoms with Crippen molar-refractivity contribution < 1.29 is 56.5 Å². The van der Waals surface area contributed by atoms with E-state index in [-0.39, 0.29) is 30.7 Å². The van der Waals surface area contributed by atoms with Crippen LogP contribution in [0, 0.1) is 0 Å². The molecular weight excluding hydrogens is 879 g/mol. The Kier molecular flexibility index (Phi) is 25.8. The minimum Gasteiger partial charge on any atom is -0.741 e. The van der Waals surface area contributed by atoms with E-state index in [4.69, 9.17) is 13.0 Å². The van der Waals surface area contributed by atoms with Gasteiger partial charge in [0.05, 0.1) is 17.7 Å². The number of fused-ring (bicyclic) bond motifs is 2. The van der Waals surface area contributed by atoms with Crippen LogP contribution < -0.4 is 0 Å². The molecule has 0 aromatic heterocycles. The van der Waals surface area contributed by atoms with Crippen LogP contribution in [0.3, 0.4) is 0 Å². The van der Waals surface area contributed by atoms with E-state index in [2.05, 4.69) is 156 Å². The normalized spacial score (nSPS) is 14.6. The molecule has 0 spiro atoms. The standard InChI is InChI=1S/C15H20N.C11H13N.C5H7F3O3S.CHF3O3S.S3.S2.H2S/c1-5-6-11-16-12(2)15(3,4)13-9-7-8-10-14(13)16;1-8-11(2,3)9-6-4-5-7-10(9)12-8;1-2-3-4-11-12(9,10)5(6,7)8;2-1(3,4)8(5,6)7;1-3-2;1-2;/h5,7-10H,1,6,11H2,2-4H3;4-7H,1-3H3;2H,1,3-4H2;(H,5,6,7);;;1H2/q+1;;;;;;/p-1. The molecule has 0 saturated carbocycles. The van der Waals surface area contributed by atoms with E-state index in [9.17, 15) is 34.8 Å². The number of hydrogen-bond donors (Lipinski definition) is 0. The van der Waals surface area contributed by atoms with Crippen LogP contribution >= 0.6 is 13.5 Å². The highest BCUT2D eigenvalue weighted by Crippen LogP contribution is 2.40. The lowest BCUT2D eigenvalue weighted by Crippen LogP contribution is -2.26.